The van der Waals surface area contributed by atoms with Crippen LogP contribution in [0, 0.1) is 0 Å². The largest absolute Gasteiger partial charge is 0.465 e. The summed E-state index contributed by atoms with van der Waals surface area (Å²) in [4.78, 5) is 22.1. The molecule has 5 heteroatoms. The minimum atomic E-state index is -0.385. The number of hydrogen-bond donors (Lipinski definition) is 2. The van der Waals surface area contributed by atoms with Crippen LogP contribution in [0.25, 0.3) is 0 Å². The van der Waals surface area contributed by atoms with Gasteiger partial charge in [0.1, 0.15) is 0 Å². The molecule has 0 fully saturated rings. The second-order valence-electron chi connectivity index (χ2n) is 3.17. The van der Waals surface area contributed by atoms with Gasteiger partial charge in [-0.25, -0.2) is 4.79 Å². The van der Waals surface area contributed by atoms with Crippen LogP contribution in [-0.2, 0) is 9.53 Å². The standard InChI is InChI=1S/C11H14N2O3/c1-16-11(15)8-2-4-9(5-3-8)13-7-10(14)6-12/h2-5,13H,6-7,12H2,1H3. The number of Topliss-reactive ketones (excluding diaryl/α,β-unsaturated/α-hetero) is 1. The molecule has 0 aliphatic carbocycles. The van der Waals surface area contributed by atoms with Crippen molar-refractivity contribution in [1.29, 1.82) is 0 Å². The third-order valence-corrected chi connectivity index (χ3v) is 2.02. The molecule has 1 aromatic rings. The van der Waals surface area contributed by atoms with Crippen molar-refractivity contribution in [3.63, 3.8) is 0 Å². The highest BCUT2D eigenvalue weighted by atomic mass is 16.5. The number of ether oxygens (including phenoxy) is 1. The molecule has 0 aliphatic rings. The minimum Gasteiger partial charge on any atom is -0.465 e. The van der Waals surface area contributed by atoms with Crippen LogP contribution in [0.4, 0.5) is 5.69 Å². The van der Waals surface area contributed by atoms with E-state index in [2.05, 4.69) is 10.1 Å². The van der Waals surface area contributed by atoms with Gasteiger partial charge in [0.2, 0.25) is 0 Å². The maximum absolute atomic E-state index is 11.1. The van der Waals surface area contributed by atoms with E-state index in [1.807, 2.05) is 0 Å². The van der Waals surface area contributed by atoms with Crippen LogP contribution in [0.1, 0.15) is 10.4 Å². The highest BCUT2D eigenvalue weighted by Crippen LogP contribution is 2.09. The topological polar surface area (TPSA) is 81.4 Å². The number of esters is 1. The van der Waals surface area contributed by atoms with Crippen molar-refractivity contribution in [3.05, 3.63) is 29.8 Å². The Balaban J connectivity index is 2.58. The highest BCUT2D eigenvalue weighted by molar-refractivity contribution is 5.90. The van der Waals surface area contributed by atoms with Gasteiger partial charge in [-0.3, -0.25) is 4.79 Å². The van der Waals surface area contributed by atoms with Gasteiger partial charge in [0, 0.05) is 5.69 Å². The molecule has 5 nitrogen and oxygen atoms in total. The Morgan fingerprint density at radius 3 is 2.44 bits per heavy atom. The summed E-state index contributed by atoms with van der Waals surface area (Å²) in [6, 6.07) is 6.66. The van der Waals surface area contributed by atoms with Gasteiger partial charge in [0.25, 0.3) is 0 Å². The summed E-state index contributed by atoms with van der Waals surface area (Å²) < 4.78 is 4.56. The van der Waals surface area contributed by atoms with E-state index in [0.29, 0.717) is 5.56 Å². The number of carbonyl (C=O) groups excluding carboxylic acids is 2. The molecule has 1 aromatic carbocycles. The van der Waals surface area contributed by atoms with E-state index in [4.69, 9.17) is 5.73 Å². The summed E-state index contributed by atoms with van der Waals surface area (Å²) in [5.74, 6) is -0.457. The third-order valence-electron chi connectivity index (χ3n) is 2.02. The minimum absolute atomic E-state index is 0.0211. The van der Waals surface area contributed by atoms with E-state index in [-0.39, 0.29) is 24.8 Å². The predicted molar refractivity (Wildman–Crippen MR) is 60.3 cm³/mol. The Kier molecular flexibility index (Phi) is 4.47. The molecule has 3 N–H and O–H groups in total. The van der Waals surface area contributed by atoms with Crippen molar-refractivity contribution in [1.82, 2.24) is 0 Å². The molecule has 0 saturated heterocycles. The molecule has 86 valence electrons. The third kappa shape index (κ3) is 3.36. The number of carbonyl (C=O) groups is 2. The van der Waals surface area contributed by atoms with Crippen molar-refractivity contribution < 1.29 is 14.3 Å². The second-order valence-corrected chi connectivity index (χ2v) is 3.17. The lowest BCUT2D eigenvalue weighted by Gasteiger charge is -2.05. The lowest BCUT2D eigenvalue weighted by Crippen LogP contribution is -2.22. The summed E-state index contributed by atoms with van der Waals surface area (Å²) in [7, 11) is 1.33. The smallest absolute Gasteiger partial charge is 0.337 e. The molecule has 0 atom stereocenters. The fourth-order valence-electron chi connectivity index (χ4n) is 1.11. The second kappa shape index (κ2) is 5.87. The number of methoxy groups -OCH3 is 1. The number of nitrogens with two attached hydrogens (primary N) is 1. The monoisotopic (exact) mass is 222 g/mol. The first-order valence-corrected chi connectivity index (χ1v) is 4.81. The predicted octanol–water partition coefficient (Wildman–Crippen LogP) is 0.413. The molecule has 0 spiro atoms. The molecule has 0 saturated carbocycles. The Morgan fingerprint density at radius 2 is 1.94 bits per heavy atom. The van der Waals surface area contributed by atoms with Crippen LogP contribution in [0.3, 0.4) is 0 Å². The number of benzene rings is 1. The normalized spacial score (nSPS) is 9.62. The molecule has 0 unspecified atom stereocenters. The summed E-state index contributed by atoms with van der Waals surface area (Å²) >= 11 is 0. The maximum Gasteiger partial charge on any atom is 0.337 e. The van der Waals surface area contributed by atoms with Crippen LogP contribution >= 0.6 is 0 Å². The summed E-state index contributed by atoms with van der Waals surface area (Å²) in [5, 5.41) is 2.90. The lowest BCUT2D eigenvalue weighted by atomic mass is 10.2. The van der Waals surface area contributed by atoms with Gasteiger partial charge < -0.3 is 15.8 Å². The molecule has 0 aliphatic heterocycles. The highest BCUT2D eigenvalue weighted by Gasteiger charge is 2.04. The fourth-order valence-corrected chi connectivity index (χ4v) is 1.11. The van der Waals surface area contributed by atoms with E-state index in [1.54, 1.807) is 24.3 Å². The molecule has 1 rings (SSSR count). The number of ketones is 1. The van der Waals surface area contributed by atoms with Gasteiger partial charge in [0.05, 0.1) is 25.8 Å². The van der Waals surface area contributed by atoms with Crippen LogP contribution in [0.15, 0.2) is 24.3 Å². The van der Waals surface area contributed by atoms with E-state index >= 15 is 0 Å². The average molecular weight is 222 g/mol. The molecule has 0 amide bonds. The Morgan fingerprint density at radius 1 is 1.31 bits per heavy atom. The number of hydrogen-bond acceptors (Lipinski definition) is 5. The van der Waals surface area contributed by atoms with Crippen LogP contribution in [0.5, 0.6) is 0 Å². The Labute approximate surface area is 93.6 Å². The van der Waals surface area contributed by atoms with Crippen molar-refractivity contribution in [2.24, 2.45) is 5.73 Å². The van der Waals surface area contributed by atoms with Crippen LogP contribution < -0.4 is 11.1 Å². The van der Waals surface area contributed by atoms with Crippen molar-refractivity contribution >= 4 is 17.4 Å². The summed E-state index contributed by atoms with van der Waals surface area (Å²) in [6.45, 7) is 0.210. The summed E-state index contributed by atoms with van der Waals surface area (Å²) in [5.41, 5.74) is 6.40. The fraction of sp³-hybridized carbons (Fsp3) is 0.273. The van der Waals surface area contributed by atoms with Crippen molar-refractivity contribution in [3.8, 4) is 0 Å². The Bertz CT molecular complexity index is 373. The number of nitrogens with one attached hydrogen (secondary N) is 1. The molecule has 0 radical (unpaired) electrons. The van der Waals surface area contributed by atoms with E-state index in [0.717, 1.165) is 5.69 Å². The molecule has 0 aromatic heterocycles. The van der Waals surface area contributed by atoms with Crippen LogP contribution in [0.2, 0.25) is 0 Å². The first-order chi connectivity index (χ1) is 7.67. The molecule has 0 heterocycles. The molecule has 16 heavy (non-hydrogen) atoms. The first-order valence-electron chi connectivity index (χ1n) is 4.81. The molecule has 0 bridgehead atoms. The van der Waals surface area contributed by atoms with Crippen molar-refractivity contribution in [2.75, 3.05) is 25.5 Å². The maximum atomic E-state index is 11.1. The van der Waals surface area contributed by atoms with Gasteiger partial charge in [-0.2, -0.15) is 0 Å². The zero-order chi connectivity index (χ0) is 12.0. The number of anilines is 1. The van der Waals surface area contributed by atoms with E-state index < -0.39 is 0 Å². The van der Waals surface area contributed by atoms with Gasteiger partial charge in [0.15, 0.2) is 5.78 Å². The van der Waals surface area contributed by atoms with Gasteiger partial charge in [-0.05, 0) is 24.3 Å². The SMILES string of the molecule is COC(=O)c1ccc(NCC(=O)CN)cc1. The summed E-state index contributed by atoms with van der Waals surface area (Å²) in [6.07, 6.45) is 0. The van der Waals surface area contributed by atoms with Crippen molar-refractivity contribution in [2.45, 2.75) is 0 Å². The average Bonchev–Trinajstić information content (AvgIpc) is 2.35. The Hall–Kier alpha value is -1.88. The van der Waals surface area contributed by atoms with Crippen LogP contribution in [-0.4, -0.2) is 32.0 Å². The molecular formula is C11H14N2O3. The quantitative estimate of drug-likeness (QED) is 0.705. The van der Waals surface area contributed by atoms with Gasteiger partial charge >= 0.3 is 5.97 Å². The number of rotatable bonds is 5. The lowest BCUT2D eigenvalue weighted by molar-refractivity contribution is -0.116. The zero-order valence-corrected chi connectivity index (χ0v) is 9.03. The van der Waals surface area contributed by atoms with E-state index in [1.165, 1.54) is 7.11 Å². The zero-order valence-electron chi connectivity index (χ0n) is 9.03. The van der Waals surface area contributed by atoms with E-state index in [9.17, 15) is 9.59 Å². The molecular weight excluding hydrogens is 208 g/mol. The van der Waals surface area contributed by atoms with Gasteiger partial charge in [-0.15, -0.1) is 0 Å². The van der Waals surface area contributed by atoms with Gasteiger partial charge in [-0.1, -0.05) is 0 Å². The first kappa shape index (κ1) is 12.2.